The molecule has 0 aliphatic carbocycles. The van der Waals surface area contributed by atoms with E-state index in [9.17, 15) is 21.6 Å². The molecule has 6 nitrogen and oxygen atoms in total. The summed E-state index contributed by atoms with van der Waals surface area (Å²) in [7, 11) is -2.11. The van der Waals surface area contributed by atoms with E-state index < -0.39 is 21.8 Å². The summed E-state index contributed by atoms with van der Waals surface area (Å²) in [6, 6.07) is 18.4. The highest BCUT2D eigenvalue weighted by Crippen LogP contribution is 2.30. The smallest absolute Gasteiger partial charge is 0.416 e. The Balaban J connectivity index is 1.40. The van der Waals surface area contributed by atoms with Crippen LogP contribution in [0, 0.1) is 0 Å². The molecule has 204 valence electrons. The fourth-order valence-electron chi connectivity index (χ4n) is 4.20. The zero-order valence-electron chi connectivity index (χ0n) is 20.7. The standard InChI is InChI=1S/C27H28ClF3N2O4S/c1-36-24-10-12-25(13-11-24)38(34,35)33-16-14-32(15-17-33)18-26(21-4-8-23(28)9-5-21)37-19-20-2-6-22(7-3-20)27(29,30)31/h2-13,26H,14-19H2,1H3. The number of halogens is 4. The van der Waals surface area contributed by atoms with Gasteiger partial charge in [0.1, 0.15) is 5.75 Å². The van der Waals surface area contributed by atoms with E-state index in [2.05, 4.69) is 4.90 Å². The number of methoxy groups -OCH3 is 1. The van der Waals surface area contributed by atoms with Crippen LogP contribution in [0.15, 0.2) is 77.7 Å². The Bertz CT molecular complexity index is 1290. The molecule has 0 N–H and O–H groups in total. The maximum atomic E-state index is 13.1. The van der Waals surface area contributed by atoms with E-state index >= 15 is 0 Å². The van der Waals surface area contributed by atoms with Gasteiger partial charge in [-0.2, -0.15) is 17.5 Å². The van der Waals surface area contributed by atoms with Crippen LogP contribution in [0.5, 0.6) is 5.75 Å². The molecule has 1 unspecified atom stereocenters. The monoisotopic (exact) mass is 568 g/mol. The molecule has 11 heteroatoms. The van der Waals surface area contributed by atoms with Crippen molar-refractivity contribution < 1.29 is 31.1 Å². The van der Waals surface area contributed by atoms with Gasteiger partial charge in [0.15, 0.2) is 0 Å². The first-order valence-electron chi connectivity index (χ1n) is 12.0. The predicted octanol–water partition coefficient (Wildman–Crippen LogP) is 5.63. The Kier molecular flexibility index (Phi) is 9.00. The average Bonchev–Trinajstić information content (AvgIpc) is 2.91. The molecule has 3 aromatic carbocycles. The van der Waals surface area contributed by atoms with Crippen LogP contribution in [0.1, 0.15) is 22.8 Å². The van der Waals surface area contributed by atoms with Gasteiger partial charge >= 0.3 is 6.18 Å². The fraction of sp³-hybridized carbons (Fsp3) is 0.333. The molecule has 1 heterocycles. The predicted molar refractivity (Wildman–Crippen MR) is 139 cm³/mol. The van der Waals surface area contributed by atoms with Gasteiger partial charge in [0.2, 0.25) is 10.0 Å². The highest BCUT2D eigenvalue weighted by molar-refractivity contribution is 7.89. The number of sulfonamides is 1. The third-order valence-corrected chi connectivity index (χ3v) is 8.59. The lowest BCUT2D eigenvalue weighted by Gasteiger charge is -2.36. The molecule has 0 bridgehead atoms. The maximum Gasteiger partial charge on any atom is 0.416 e. The van der Waals surface area contributed by atoms with E-state index in [0.717, 1.165) is 17.7 Å². The minimum Gasteiger partial charge on any atom is -0.497 e. The summed E-state index contributed by atoms with van der Waals surface area (Å²) in [4.78, 5) is 2.33. The summed E-state index contributed by atoms with van der Waals surface area (Å²) in [5, 5.41) is 0.576. The van der Waals surface area contributed by atoms with Gasteiger partial charge in [-0.3, -0.25) is 4.90 Å². The van der Waals surface area contributed by atoms with E-state index in [1.54, 1.807) is 24.3 Å². The molecule has 1 saturated heterocycles. The van der Waals surface area contributed by atoms with Crippen molar-refractivity contribution in [2.24, 2.45) is 0 Å². The SMILES string of the molecule is COc1ccc(S(=O)(=O)N2CCN(CC(OCc3ccc(C(F)(F)F)cc3)c3ccc(Cl)cc3)CC2)cc1. The zero-order chi connectivity index (χ0) is 27.3. The van der Waals surface area contributed by atoms with Crippen LogP contribution in [-0.4, -0.2) is 57.5 Å². The third-order valence-electron chi connectivity index (χ3n) is 6.43. The molecule has 1 fully saturated rings. The Labute approximate surface area is 225 Å². The summed E-state index contributed by atoms with van der Waals surface area (Å²) in [5.74, 6) is 0.582. The minimum absolute atomic E-state index is 0.122. The highest BCUT2D eigenvalue weighted by Gasteiger charge is 2.31. The van der Waals surface area contributed by atoms with Gasteiger partial charge in [0, 0.05) is 37.7 Å². The zero-order valence-corrected chi connectivity index (χ0v) is 22.3. The van der Waals surface area contributed by atoms with Crippen LogP contribution in [0.4, 0.5) is 13.2 Å². The van der Waals surface area contributed by atoms with Gasteiger partial charge in [-0.15, -0.1) is 0 Å². The van der Waals surface area contributed by atoms with Crippen LogP contribution in [0.25, 0.3) is 0 Å². The van der Waals surface area contributed by atoms with Crippen LogP contribution < -0.4 is 4.74 Å². The number of rotatable bonds is 9. The Hall–Kier alpha value is -2.63. The van der Waals surface area contributed by atoms with Crippen molar-refractivity contribution >= 4 is 21.6 Å². The average molecular weight is 569 g/mol. The normalized spacial score (nSPS) is 16.3. The summed E-state index contributed by atoms with van der Waals surface area (Å²) in [6.07, 6.45) is -4.78. The van der Waals surface area contributed by atoms with Gasteiger partial charge in [-0.05, 0) is 59.7 Å². The van der Waals surface area contributed by atoms with Crippen molar-refractivity contribution in [2.75, 3.05) is 39.8 Å². The number of nitrogens with zero attached hydrogens (tertiary/aromatic N) is 2. The van der Waals surface area contributed by atoms with Crippen molar-refractivity contribution in [2.45, 2.75) is 23.8 Å². The third kappa shape index (κ3) is 7.06. The van der Waals surface area contributed by atoms with E-state index in [4.69, 9.17) is 21.1 Å². The van der Waals surface area contributed by atoms with E-state index in [0.29, 0.717) is 49.1 Å². The maximum absolute atomic E-state index is 13.1. The molecule has 0 saturated carbocycles. The summed E-state index contributed by atoms with van der Waals surface area (Å²) >= 11 is 6.05. The first kappa shape index (κ1) is 28.4. The van der Waals surface area contributed by atoms with Crippen LogP contribution in [0.2, 0.25) is 5.02 Å². The van der Waals surface area contributed by atoms with Gasteiger partial charge in [-0.1, -0.05) is 35.9 Å². The molecule has 0 aromatic heterocycles. The second-order valence-electron chi connectivity index (χ2n) is 8.93. The molecular formula is C27H28ClF3N2O4S. The summed E-state index contributed by atoms with van der Waals surface area (Å²) in [6.45, 7) is 2.25. The van der Waals surface area contributed by atoms with Crippen LogP contribution >= 0.6 is 11.6 Å². The molecule has 0 amide bonds. The largest absolute Gasteiger partial charge is 0.497 e. The van der Waals surface area contributed by atoms with Gasteiger partial charge < -0.3 is 9.47 Å². The molecule has 0 spiro atoms. The second-order valence-corrected chi connectivity index (χ2v) is 11.3. The molecule has 4 rings (SSSR count). The Morgan fingerprint density at radius 3 is 2.05 bits per heavy atom. The molecule has 1 atom stereocenters. The van der Waals surface area contributed by atoms with Crippen molar-refractivity contribution in [3.8, 4) is 5.75 Å². The number of hydrogen-bond acceptors (Lipinski definition) is 5. The number of piperazine rings is 1. The molecule has 3 aromatic rings. The first-order chi connectivity index (χ1) is 18.1. The highest BCUT2D eigenvalue weighted by atomic mass is 35.5. The lowest BCUT2D eigenvalue weighted by atomic mass is 10.1. The Morgan fingerprint density at radius 2 is 1.50 bits per heavy atom. The van der Waals surface area contributed by atoms with Crippen molar-refractivity contribution in [1.29, 1.82) is 0 Å². The first-order valence-corrected chi connectivity index (χ1v) is 13.8. The molecular weight excluding hydrogens is 541 g/mol. The fourth-order valence-corrected chi connectivity index (χ4v) is 5.75. The molecule has 1 aliphatic rings. The number of hydrogen-bond donors (Lipinski definition) is 0. The number of ether oxygens (including phenoxy) is 2. The lowest BCUT2D eigenvalue weighted by molar-refractivity contribution is -0.137. The number of alkyl halides is 3. The number of benzene rings is 3. The minimum atomic E-state index is -4.39. The Morgan fingerprint density at radius 1 is 0.895 bits per heavy atom. The van der Waals surface area contributed by atoms with Gasteiger partial charge in [-0.25, -0.2) is 8.42 Å². The topological polar surface area (TPSA) is 59.1 Å². The van der Waals surface area contributed by atoms with Crippen molar-refractivity contribution in [1.82, 2.24) is 9.21 Å². The quantitative estimate of drug-likeness (QED) is 0.335. The molecule has 1 aliphatic heterocycles. The van der Waals surface area contributed by atoms with E-state index in [1.807, 2.05) is 12.1 Å². The molecule has 38 heavy (non-hydrogen) atoms. The summed E-state index contributed by atoms with van der Waals surface area (Å²) in [5.41, 5.74) is 0.778. The second kappa shape index (κ2) is 12.0. The van der Waals surface area contributed by atoms with E-state index in [1.165, 1.54) is 35.7 Å². The lowest BCUT2D eigenvalue weighted by Crippen LogP contribution is -2.49. The molecule has 0 radical (unpaired) electrons. The van der Waals surface area contributed by atoms with Crippen molar-refractivity contribution in [3.63, 3.8) is 0 Å². The van der Waals surface area contributed by atoms with Gasteiger partial charge in [0.25, 0.3) is 0 Å². The van der Waals surface area contributed by atoms with Crippen molar-refractivity contribution in [3.05, 3.63) is 94.5 Å². The van der Waals surface area contributed by atoms with Crippen LogP contribution in [-0.2, 0) is 27.5 Å². The van der Waals surface area contributed by atoms with Gasteiger partial charge in [0.05, 0.1) is 30.3 Å². The van der Waals surface area contributed by atoms with E-state index in [-0.39, 0.29) is 17.6 Å². The van der Waals surface area contributed by atoms with Crippen LogP contribution in [0.3, 0.4) is 0 Å². The summed E-state index contributed by atoms with van der Waals surface area (Å²) < 4.78 is 77.5.